The van der Waals surface area contributed by atoms with Crippen molar-refractivity contribution in [3.63, 3.8) is 0 Å². The summed E-state index contributed by atoms with van der Waals surface area (Å²) in [7, 11) is 0. The molecule has 0 bridgehead atoms. The lowest BCUT2D eigenvalue weighted by atomic mass is 10.1. The Morgan fingerprint density at radius 2 is 2.33 bits per heavy atom. The van der Waals surface area contributed by atoms with Crippen LogP contribution in [0.4, 0.5) is 4.39 Å². The van der Waals surface area contributed by atoms with E-state index in [0.717, 1.165) is 16.0 Å². The SMILES string of the molecule is C/C(F)=C/c1cc(-c2cccnc2)cs1. The maximum atomic E-state index is 12.7. The van der Waals surface area contributed by atoms with Crippen LogP contribution in [0.3, 0.4) is 0 Å². The smallest absolute Gasteiger partial charge is 0.0982 e. The molecule has 2 rings (SSSR count). The molecule has 2 aromatic heterocycles. The summed E-state index contributed by atoms with van der Waals surface area (Å²) in [6, 6.07) is 5.85. The van der Waals surface area contributed by atoms with Crippen molar-refractivity contribution in [1.82, 2.24) is 4.98 Å². The zero-order valence-corrected chi connectivity index (χ0v) is 9.09. The molecule has 0 aliphatic rings. The Bertz CT molecular complexity index is 469. The Kier molecular flexibility index (Phi) is 2.92. The minimum atomic E-state index is -0.172. The highest BCUT2D eigenvalue weighted by Crippen LogP contribution is 2.26. The molecular weight excluding hydrogens is 209 g/mol. The van der Waals surface area contributed by atoms with Gasteiger partial charge in [-0.15, -0.1) is 11.3 Å². The topological polar surface area (TPSA) is 12.9 Å². The van der Waals surface area contributed by atoms with Crippen molar-refractivity contribution in [3.05, 3.63) is 46.7 Å². The number of hydrogen-bond acceptors (Lipinski definition) is 2. The summed E-state index contributed by atoms with van der Waals surface area (Å²) < 4.78 is 12.7. The normalized spacial score (nSPS) is 11.7. The first-order chi connectivity index (χ1) is 7.25. The maximum absolute atomic E-state index is 12.7. The molecule has 0 N–H and O–H groups in total. The number of thiophene rings is 1. The van der Waals surface area contributed by atoms with Crippen molar-refractivity contribution in [2.45, 2.75) is 6.92 Å². The predicted molar refractivity (Wildman–Crippen MR) is 62.3 cm³/mol. The second-order valence-corrected chi connectivity index (χ2v) is 4.15. The van der Waals surface area contributed by atoms with Crippen LogP contribution in [0, 0.1) is 0 Å². The van der Waals surface area contributed by atoms with Gasteiger partial charge >= 0.3 is 0 Å². The largest absolute Gasteiger partial charge is 0.264 e. The van der Waals surface area contributed by atoms with Gasteiger partial charge in [0.05, 0.1) is 5.83 Å². The van der Waals surface area contributed by atoms with E-state index in [1.54, 1.807) is 12.4 Å². The second kappa shape index (κ2) is 4.36. The number of aromatic nitrogens is 1. The summed E-state index contributed by atoms with van der Waals surface area (Å²) in [6.45, 7) is 1.45. The zero-order valence-electron chi connectivity index (χ0n) is 8.27. The van der Waals surface area contributed by atoms with E-state index < -0.39 is 0 Å². The van der Waals surface area contributed by atoms with Gasteiger partial charge in [-0.3, -0.25) is 4.98 Å². The standard InChI is InChI=1S/C12H10FNS/c1-9(13)5-12-6-11(8-15-12)10-3-2-4-14-7-10/h2-8H,1H3/b9-5-. The lowest BCUT2D eigenvalue weighted by Gasteiger charge is -1.93. The van der Waals surface area contributed by atoms with Crippen LogP contribution in [0.1, 0.15) is 11.8 Å². The van der Waals surface area contributed by atoms with E-state index in [1.807, 2.05) is 23.6 Å². The molecule has 15 heavy (non-hydrogen) atoms. The first kappa shape index (κ1) is 10.1. The first-order valence-electron chi connectivity index (χ1n) is 4.58. The molecule has 0 amide bonds. The van der Waals surface area contributed by atoms with E-state index >= 15 is 0 Å². The quantitative estimate of drug-likeness (QED) is 0.739. The van der Waals surface area contributed by atoms with Crippen LogP contribution in [0.2, 0.25) is 0 Å². The van der Waals surface area contributed by atoms with Crippen LogP contribution in [-0.4, -0.2) is 4.98 Å². The third-order valence-electron chi connectivity index (χ3n) is 1.96. The third kappa shape index (κ3) is 2.50. The van der Waals surface area contributed by atoms with Crippen molar-refractivity contribution < 1.29 is 4.39 Å². The first-order valence-corrected chi connectivity index (χ1v) is 5.46. The molecule has 0 unspecified atom stereocenters. The van der Waals surface area contributed by atoms with E-state index in [1.165, 1.54) is 24.3 Å². The average Bonchev–Trinajstić information content (AvgIpc) is 2.67. The van der Waals surface area contributed by atoms with Gasteiger partial charge in [0.15, 0.2) is 0 Å². The molecule has 2 heterocycles. The summed E-state index contributed by atoms with van der Waals surface area (Å²) in [4.78, 5) is 4.97. The van der Waals surface area contributed by atoms with Gasteiger partial charge in [-0.25, -0.2) is 4.39 Å². The van der Waals surface area contributed by atoms with E-state index in [4.69, 9.17) is 0 Å². The summed E-state index contributed by atoms with van der Waals surface area (Å²) in [5.74, 6) is -0.172. The third-order valence-corrected chi connectivity index (χ3v) is 2.84. The molecule has 0 aliphatic carbocycles. The molecule has 1 nitrogen and oxygen atoms in total. The van der Waals surface area contributed by atoms with Crippen molar-refractivity contribution in [2.24, 2.45) is 0 Å². The Hall–Kier alpha value is -1.48. The van der Waals surface area contributed by atoms with Crippen LogP contribution in [0.25, 0.3) is 17.2 Å². The van der Waals surface area contributed by atoms with Gasteiger partial charge in [0, 0.05) is 22.8 Å². The van der Waals surface area contributed by atoms with Crippen LogP contribution < -0.4 is 0 Å². The monoisotopic (exact) mass is 219 g/mol. The fourth-order valence-corrected chi connectivity index (χ4v) is 2.20. The lowest BCUT2D eigenvalue weighted by Crippen LogP contribution is -1.74. The highest BCUT2D eigenvalue weighted by atomic mass is 32.1. The summed E-state index contributed by atoms with van der Waals surface area (Å²) in [6.07, 6.45) is 5.07. The van der Waals surface area contributed by atoms with Gasteiger partial charge in [-0.1, -0.05) is 6.07 Å². The molecule has 0 spiro atoms. The number of pyridine rings is 1. The second-order valence-electron chi connectivity index (χ2n) is 3.21. The Morgan fingerprint density at radius 1 is 1.47 bits per heavy atom. The molecule has 0 atom stereocenters. The van der Waals surface area contributed by atoms with Crippen LogP contribution in [0.15, 0.2) is 41.8 Å². The van der Waals surface area contributed by atoms with Gasteiger partial charge in [0.25, 0.3) is 0 Å². The van der Waals surface area contributed by atoms with Crippen LogP contribution in [-0.2, 0) is 0 Å². The molecule has 0 aliphatic heterocycles. The van der Waals surface area contributed by atoms with Crippen molar-refractivity contribution in [1.29, 1.82) is 0 Å². The molecule has 2 aromatic rings. The molecular formula is C12H10FNS. The summed E-state index contributed by atoms with van der Waals surface area (Å²) in [5.41, 5.74) is 2.14. The number of hydrogen-bond donors (Lipinski definition) is 0. The van der Waals surface area contributed by atoms with Gasteiger partial charge in [-0.05, 0) is 36.1 Å². The molecule has 0 aromatic carbocycles. The predicted octanol–water partition coefficient (Wildman–Crippen LogP) is 4.14. The zero-order chi connectivity index (χ0) is 10.7. The van der Waals surface area contributed by atoms with Gasteiger partial charge < -0.3 is 0 Å². The molecule has 0 saturated heterocycles. The van der Waals surface area contributed by atoms with E-state index in [0.29, 0.717) is 0 Å². The minimum absolute atomic E-state index is 0.172. The number of halogens is 1. The molecule has 0 saturated carbocycles. The van der Waals surface area contributed by atoms with Gasteiger partial charge in [0.2, 0.25) is 0 Å². The Labute approximate surface area is 91.9 Å². The number of allylic oxidation sites excluding steroid dienone is 1. The minimum Gasteiger partial charge on any atom is -0.264 e. The number of nitrogens with zero attached hydrogens (tertiary/aromatic N) is 1. The van der Waals surface area contributed by atoms with Crippen molar-refractivity contribution in [3.8, 4) is 11.1 Å². The lowest BCUT2D eigenvalue weighted by molar-refractivity contribution is 0.648. The maximum Gasteiger partial charge on any atom is 0.0982 e. The Balaban J connectivity index is 2.32. The molecule has 3 heteroatoms. The fraction of sp³-hybridized carbons (Fsp3) is 0.0833. The summed E-state index contributed by atoms with van der Waals surface area (Å²) >= 11 is 1.53. The highest BCUT2D eigenvalue weighted by Gasteiger charge is 2.00. The molecule has 0 radical (unpaired) electrons. The van der Waals surface area contributed by atoms with Crippen LogP contribution >= 0.6 is 11.3 Å². The summed E-state index contributed by atoms with van der Waals surface area (Å²) in [5, 5.41) is 2.01. The van der Waals surface area contributed by atoms with Gasteiger partial charge in [-0.2, -0.15) is 0 Å². The fourth-order valence-electron chi connectivity index (χ4n) is 1.31. The van der Waals surface area contributed by atoms with E-state index in [9.17, 15) is 4.39 Å². The van der Waals surface area contributed by atoms with E-state index in [-0.39, 0.29) is 5.83 Å². The highest BCUT2D eigenvalue weighted by molar-refractivity contribution is 7.11. The Morgan fingerprint density at radius 3 is 3.00 bits per heavy atom. The number of rotatable bonds is 2. The van der Waals surface area contributed by atoms with Crippen molar-refractivity contribution in [2.75, 3.05) is 0 Å². The van der Waals surface area contributed by atoms with Gasteiger partial charge in [0.1, 0.15) is 0 Å². The molecule has 0 fully saturated rings. The molecule has 76 valence electrons. The average molecular weight is 219 g/mol. The van der Waals surface area contributed by atoms with E-state index in [2.05, 4.69) is 4.98 Å². The van der Waals surface area contributed by atoms with Crippen LogP contribution in [0.5, 0.6) is 0 Å². The van der Waals surface area contributed by atoms with Crippen molar-refractivity contribution >= 4 is 17.4 Å².